The van der Waals surface area contributed by atoms with E-state index in [0.717, 1.165) is 5.92 Å². The van der Waals surface area contributed by atoms with Gasteiger partial charge in [0.15, 0.2) is 0 Å². The third kappa shape index (κ3) is 4.72. The molecule has 1 aromatic rings. The van der Waals surface area contributed by atoms with Gasteiger partial charge in [-0.05, 0) is 42.4 Å². The molecule has 0 fully saturated rings. The van der Waals surface area contributed by atoms with Crippen molar-refractivity contribution < 1.29 is 0 Å². The highest BCUT2D eigenvalue weighted by Crippen LogP contribution is 2.20. The molecular formula is C17H29N. The van der Waals surface area contributed by atoms with E-state index >= 15 is 0 Å². The van der Waals surface area contributed by atoms with E-state index in [1.54, 1.807) is 0 Å². The quantitative estimate of drug-likeness (QED) is 0.676. The van der Waals surface area contributed by atoms with Crippen molar-refractivity contribution in [3.63, 3.8) is 0 Å². The molecule has 0 saturated carbocycles. The van der Waals surface area contributed by atoms with Crippen LogP contribution in [0.3, 0.4) is 0 Å². The maximum Gasteiger partial charge on any atom is 0.0342 e. The Hall–Kier alpha value is -0.980. The molecule has 0 aliphatic carbocycles. The first kappa shape index (κ1) is 15.1. The first-order valence-electron chi connectivity index (χ1n) is 7.43. The van der Waals surface area contributed by atoms with Gasteiger partial charge in [0.1, 0.15) is 0 Å². The second kappa shape index (κ2) is 7.45. The lowest BCUT2D eigenvalue weighted by Crippen LogP contribution is -2.21. The van der Waals surface area contributed by atoms with Crippen LogP contribution in [-0.2, 0) is 0 Å². The van der Waals surface area contributed by atoms with Gasteiger partial charge in [-0.1, -0.05) is 53.2 Å². The largest absolute Gasteiger partial charge is 0.382 e. The Morgan fingerprint density at radius 1 is 0.944 bits per heavy atom. The molecule has 1 rings (SSSR count). The molecule has 0 bridgehead atoms. The maximum atomic E-state index is 3.66. The Labute approximate surface area is 113 Å². The van der Waals surface area contributed by atoms with Gasteiger partial charge in [-0.2, -0.15) is 0 Å². The molecule has 1 N–H and O–H groups in total. The summed E-state index contributed by atoms with van der Waals surface area (Å²) < 4.78 is 0. The normalized spacial score (nSPS) is 14.6. The van der Waals surface area contributed by atoms with Gasteiger partial charge in [-0.15, -0.1) is 0 Å². The number of rotatable bonds is 7. The Kier molecular flexibility index (Phi) is 6.24. The van der Waals surface area contributed by atoms with E-state index in [-0.39, 0.29) is 0 Å². The number of anilines is 1. The Balaban J connectivity index is 2.59. The molecule has 1 heteroatoms. The van der Waals surface area contributed by atoms with E-state index in [0.29, 0.717) is 12.0 Å². The van der Waals surface area contributed by atoms with Crippen molar-refractivity contribution >= 4 is 5.69 Å². The summed E-state index contributed by atoms with van der Waals surface area (Å²) in [4.78, 5) is 0. The average Bonchev–Trinajstić information content (AvgIpc) is 2.38. The molecule has 2 atom stereocenters. The van der Waals surface area contributed by atoms with Crippen LogP contribution in [0.4, 0.5) is 5.69 Å². The van der Waals surface area contributed by atoms with Crippen molar-refractivity contribution in [3.8, 4) is 0 Å². The van der Waals surface area contributed by atoms with E-state index in [9.17, 15) is 0 Å². The number of hydrogen-bond acceptors (Lipinski definition) is 1. The zero-order valence-electron chi connectivity index (χ0n) is 12.7. The van der Waals surface area contributed by atoms with E-state index in [4.69, 9.17) is 0 Å². The van der Waals surface area contributed by atoms with Gasteiger partial charge in [0.2, 0.25) is 0 Å². The highest BCUT2D eigenvalue weighted by Gasteiger charge is 2.10. The molecule has 0 aromatic heterocycles. The van der Waals surface area contributed by atoms with Gasteiger partial charge < -0.3 is 5.32 Å². The smallest absolute Gasteiger partial charge is 0.0342 e. The van der Waals surface area contributed by atoms with Crippen LogP contribution in [0.25, 0.3) is 0 Å². The molecule has 2 unspecified atom stereocenters. The molecule has 18 heavy (non-hydrogen) atoms. The summed E-state index contributed by atoms with van der Waals surface area (Å²) in [6, 6.07) is 9.51. The first-order valence-corrected chi connectivity index (χ1v) is 7.43. The van der Waals surface area contributed by atoms with Gasteiger partial charge in [-0.3, -0.25) is 0 Å². The van der Waals surface area contributed by atoms with Gasteiger partial charge in [-0.25, -0.2) is 0 Å². The maximum absolute atomic E-state index is 3.66. The summed E-state index contributed by atoms with van der Waals surface area (Å²) in [6.07, 6.45) is 3.72. The number of hydrogen-bond donors (Lipinski definition) is 1. The summed E-state index contributed by atoms with van der Waals surface area (Å²) >= 11 is 0. The van der Waals surface area contributed by atoms with Crippen LogP contribution < -0.4 is 5.32 Å². The topological polar surface area (TPSA) is 12.0 Å². The molecule has 0 heterocycles. The fraction of sp³-hybridized carbons (Fsp3) is 0.647. The van der Waals surface area contributed by atoms with Crippen LogP contribution in [-0.4, -0.2) is 6.04 Å². The summed E-state index contributed by atoms with van der Waals surface area (Å²) in [7, 11) is 0. The van der Waals surface area contributed by atoms with Crippen molar-refractivity contribution in [1.29, 1.82) is 0 Å². The van der Waals surface area contributed by atoms with Gasteiger partial charge in [0.25, 0.3) is 0 Å². The molecule has 0 aliphatic heterocycles. The van der Waals surface area contributed by atoms with Crippen LogP contribution in [0.5, 0.6) is 0 Å². The lowest BCUT2D eigenvalue weighted by atomic mass is 9.97. The van der Waals surface area contributed by atoms with Gasteiger partial charge in [0.05, 0.1) is 0 Å². The molecule has 0 radical (unpaired) electrons. The highest BCUT2D eigenvalue weighted by atomic mass is 14.9. The third-order valence-electron chi connectivity index (χ3n) is 3.82. The summed E-state index contributed by atoms with van der Waals surface area (Å²) in [5.41, 5.74) is 2.67. The zero-order valence-corrected chi connectivity index (χ0v) is 12.7. The fourth-order valence-corrected chi connectivity index (χ4v) is 2.18. The van der Waals surface area contributed by atoms with E-state index in [1.807, 2.05) is 0 Å². The molecule has 0 spiro atoms. The lowest BCUT2D eigenvalue weighted by Gasteiger charge is -2.21. The van der Waals surface area contributed by atoms with Gasteiger partial charge >= 0.3 is 0 Å². The third-order valence-corrected chi connectivity index (χ3v) is 3.82. The van der Waals surface area contributed by atoms with Crippen molar-refractivity contribution in [2.45, 2.75) is 65.8 Å². The molecule has 1 aromatic carbocycles. The van der Waals surface area contributed by atoms with Crippen molar-refractivity contribution in [2.75, 3.05) is 5.32 Å². The van der Waals surface area contributed by atoms with Crippen molar-refractivity contribution in [3.05, 3.63) is 29.8 Å². The van der Waals surface area contributed by atoms with Crippen LogP contribution in [0.15, 0.2) is 24.3 Å². The standard InChI is InChI=1S/C17H29N/c1-6-14(5)12-16(7-2)18-17-10-8-15(9-11-17)13(3)4/h8-11,13-14,16,18H,6-7,12H2,1-5H3. The van der Waals surface area contributed by atoms with Crippen LogP contribution in [0, 0.1) is 5.92 Å². The monoisotopic (exact) mass is 247 g/mol. The Morgan fingerprint density at radius 2 is 1.56 bits per heavy atom. The van der Waals surface area contributed by atoms with Gasteiger partial charge in [0, 0.05) is 11.7 Å². The van der Waals surface area contributed by atoms with Crippen molar-refractivity contribution in [1.82, 2.24) is 0 Å². The summed E-state index contributed by atoms with van der Waals surface area (Å²) in [5, 5.41) is 3.66. The Bertz CT molecular complexity index is 326. The van der Waals surface area contributed by atoms with Crippen LogP contribution in [0.1, 0.15) is 65.4 Å². The number of benzene rings is 1. The van der Waals surface area contributed by atoms with Crippen LogP contribution >= 0.6 is 0 Å². The average molecular weight is 247 g/mol. The molecule has 1 nitrogen and oxygen atoms in total. The predicted octanol–water partition coefficient (Wildman–Crippen LogP) is 5.44. The fourth-order valence-electron chi connectivity index (χ4n) is 2.18. The second-order valence-electron chi connectivity index (χ2n) is 5.78. The zero-order chi connectivity index (χ0) is 13.5. The van der Waals surface area contributed by atoms with Crippen LogP contribution in [0.2, 0.25) is 0 Å². The first-order chi connectivity index (χ1) is 8.56. The van der Waals surface area contributed by atoms with E-state index < -0.39 is 0 Å². The minimum atomic E-state index is 0.602. The second-order valence-corrected chi connectivity index (χ2v) is 5.78. The molecule has 0 saturated heterocycles. The predicted molar refractivity (Wildman–Crippen MR) is 82.3 cm³/mol. The SMILES string of the molecule is CCC(C)CC(CC)Nc1ccc(C(C)C)cc1. The summed E-state index contributed by atoms with van der Waals surface area (Å²) in [6.45, 7) is 11.4. The highest BCUT2D eigenvalue weighted by molar-refractivity contribution is 5.45. The lowest BCUT2D eigenvalue weighted by molar-refractivity contribution is 0.462. The minimum Gasteiger partial charge on any atom is -0.382 e. The summed E-state index contributed by atoms with van der Waals surface area (Å²) in [5.74, 6) is 1.42. The molecular weight excluding hydrogens is 218 g/mol. The van der Waals surface area contributed by atoms with E-state index in [1.165, 1.54) is 30.5 Å². The molecule has 0 amide bonds. The van der Waals surface area contributed by atoms with Crippen molar-refractivity contribution in [2.24, 2.45) is 5.92 Å². The Morgan fingerprint density at radius 3 is 2.00 bits per heavy atom. The minimum absolute atomic E-state index is 0.602. The number of nitrogens with one attached hydrogen (secondary N) is 1. The van der Waals surface area contributed by atoms with E-state index in [2.05, 4.69) is 64.2 Å². The molecule has 0 aliphatic rings. The molecule has 102 valence electrons.